The minimum atomic E-state index is -1.18. The predicted molar refractivity (Wildman–Crippen MR) is 138 cm³/mol. The van der Waals surface area contributed by atoms with Gasteiger partial charge in [0.15, 0.2) is 0 Å². The molecule has 2 saturated heterocycles. The fourth-order valence-corrected chi connectivity index (χ4v) is 4.92. The number of alkyl halides is 1. The molecule has 37 heavy (non-hydrogen) atoms. The van der Waals surface area contributed by atoms with Gasteiger partial charge in [-0.1, -0.05) is 6.07 Å². The largest absolute Gasteiger partial charge is 0.492 e. The zero-order valence-corrected chi connectivity index (χ0v) is 21.6. The normalized spacial score (nSPS) is 17.9. The van der Waals surface area contributed by atoms with Gasteiger partial charge in [0, 0.05) is 18.0 Å². The summed E-state index contributed by atoms with van der Waals surface area (Å²) in [4.78, 5) is 31.3. The number of nitrogens with one attached hydrogen (secondary N) is 2. The van der Waals surface area contributed by atoms with Crippen molar-refractivity contribution in [2.75, 3.05) is 39.3 Å². The van der Waals surface area contributed by atoms with Crippen LogP contribution < -0.4 is 15.4 Å². The molecule has 1 aromatic heterocycles. The van der Waals surface area contributed by atoms with Crippen molar-refractivity contribution < 1.29 is 23.1 Å². The average molecular weight is 515 g/mol. The number of carbonyl (C=O) groups excluding carboxylic acids is 2. The van der Waals surface area contributed by atoms with E-state index in [1.807, 2.05) is 0 Å². The Morgan fingerprint density at radius 1 is 1.14 bits per heavy atom. The number of imide groups is 1. The highest BCUT2D eigenvalue weighted by Gasteiger charge is 2.26. The Bertz CT molecular complexity index is 1070. The van der Waals surface area contributed by atoms with Crippen LogP contribution in [0.4, 0.5) is 8.78 Å². The molecule has 0 unspecified atom stereocenters. The van der Waals surface area contributed by atoms with Gasteiger partial charge in [-0.3, -0.25) is 19.9 Å². The summed E-state index contributed by atoms with van der Waals surface area (Å²) >= 11 is 0. The van der Waals surface area contributed by atoms with Crippen LogP contribution >= 0.6 is 0 Å². The van der Waals surface area contributed by atoms with Gasteiger partial charge in [0.2, 0.25) is 5.91 Å². The van der Waals surface area contributed by atoms with Crippen molar-refractivity contribution in [2.24, 2.45) is 11.8 Å². The van der Waals surface area contributed by atoms with E-state index in [1.165, 1.54) is 12.1 Å². The molecule has 0 radical (unpaired) electrons. The smallest absolute Gasteiger partial charge is 0.260 e. The summed E-state index contributed by atoms with van der Waals surface area (Å²) in [5.41, 5.74) is -0.287. The molecule has 1 aromatic carbocycles. The van der Waals surface area contributed by atoms with Crippen molar-refractivity contribution in [1.29, 1.82) is 0 Å². The summed E-state index contributed by atoms with van der Waals surface area (Å²) in [6, 6.07) is 7.77. The SMILES string of the molecule is CC(C)(F)CN1CCC(COc2ccc(-c3ccc(C(=O)NC(=O)C4CCNCC4)c(F)c3)nc2)CC1. The van der Waals surface area contributed by atoms with Crippen molar-refractivity contribution in [1.82, 2.24) is 20.5 Å². The molecule has 2 aliphatic heterocycles. The van der Waals surface area contributed by atoms with Crippen LogP contribution in [0.25, 0.3) is 11.3 Å². The van der Waals surface area contributed by atoms with Crippen molar-refractivity contribution >= 4 is 11.8 Å². The fourth-order valence-electron chi connectivity index (χ4n) is 4.92. The number of amides is 2. The molecule has 9 heteroatoms. The van der Waals surface area contributed by atoms with Gasteiger partial charge in [-0.25, -0.2) is 8.78 Å². The summed E-state index contributed by atoms with van der Waals surface area (Å²) in [5, 5.41) is 5.50. The second-order valence-electron chi connectivity index (χ2n) is 10.7. The first-order valence-electron chi connectivity index (χ1n) is 13.0. The van der Waals surface area contributed by atoms with Gasteiger partial charge in [-0.15, -0.1) is 0 Å². The standard InChI is InChI=1S/C28H36F2N4O3/c1-28(2,30)18-34-13-9-19(10-14-34)17-37-22-4-6-25(32-16-22)21-3-5-23(24(29)15-21)27(36)33-26(35)20-7-11-31-12-8-20/h3-6,15-16,19-20,31H,7-14,17-18H2,1-2H3,(H,33,35,36). The van der Waals surface area contributed by atoms with E-state index in [9.17, 15) is 18.4 Å². The molecule has 2 N–H and O–H groups in total. The highest BCUT2D eigenvalue weighted by molar-refractivity contribution is 6.05. The molecule has 200 valence electrons. The number of aromatic nitrogens is 1. The maximum absolute atomic E-state index is 14.7. The third-order valence-corrected chi connectivity index (χ3v) is 6.98. The Hall–Kier alpha value is -2.91. The van der Waals surface area contributed by atoms with E-state index in [2.05, 4.69) is 20.5 Å². The molecular formula is C28H36F2N4O3. The number of carbonyl (C=O) groups is 2. The van der Waals surface area contributed by atoms with Crippen LogP contribution in [-0.2, 0) is 4.79 Å². The van der Waals surface area contributed by atoms with Gasteiger partial charge in [0.25, 0.3) is 5.91 Å². The van der Waals surface area contributed by atoms with Crippen LogP contribution in [0.15, 0.2) is 36.5 Å². The Morgan fingerprint density at radius 3 is 2.49 bits per heavy atom. The molecule has 0 spiro atoms. The molecule has 0 bridgehead atoms. The first-order chi connectivity index (χ1) is 17.7. The van der Waals surface area contributed by atoms with Crippen LogP contribution in [0.1, 0.15) is 49.9 Å². The van der Waals surface area contributed by atoms with Crippen LogP contribution in [0.5, 0.6) is 5.75 Å². The lowest BCUT2D eigenvalue weighted by atomic mass is 9.97. The summed E-state index contributed by atoms with van der Waals surface area (Å²) in [6.45, 7) is 7.43. The van der Waals surface area contributed by atoms with E-state index < -0.39 is 17.4 Å². The van der Waals surface area contributed by atoms with Gasteiger partial charge >= 0.3 is 0 Å². The summed E-state index contributed by atoms with van der Waals surface area (Å²) in [7, 11) is 0. The highest BCUT2D eigenvalue weighted by Crippen LogP contribution is 2.24. The summed E-state index contributed by atoms with van der Waals surface area (Å²) in [5.74, 6) is -1.00. The molecule has 4 rings (SSSR count). The monoisotopic (exact) mass is 514 g/mol. The Kier molecular flexibility index (Phi) is 8.87. The van der Waals surface area contributed by atoms with E-state index in [0.717, 1.165) is 39.0 Å². The number of rotatable bonds is 8. The van der Waals surface area contributed by atoms with Gasteiger partial charge in [0.1, 0.15) is 17.2 Å². The van der Waals surface area contributed by atoms with E-state index in [-0.39, 0.29) is 17.4 Å². The molecule has 2 aromatic rings. The van der Waals surface area contributed by atoms with Crippen molar-refractivity contribution in [3.05, 3.63) is 47.9 Å². The van der Waals surface area contributed by atoms with E-state index in [0.29, 0.717) is 48.9 Å². The van der Waals surface area contributed by atoms with Crippen LogP contribution in [0, 0.1) is 17.7 Å². The van der Waals surface area contributed by atoms with Crippen molar-refractivity contribution in [3.63, 3.8) is 0 Å². The molecule has 2 amide bonds. The van der Waals surface area contributed by atoms with Crippen LogP contribution in [0.2, 0.25) is 0 Å². The second-order valence-corrected chi connectivity index (χ2v) is 10.7. The summed E-state index contributed by atoms with van der Waals surface area (Å²) in [6.07, 6.45) is 4.84. The zero-order valence-electron chi connectivity index (χ0n) is 21.6. The lowest BCUT2D eigenvalue weighted by Gasteiger charge is -2.34. The van der Waals surface area contributed by atoms with E-state index >= 15 is 0 Å². The first kappa shape index (κ1) is 27.1. The molecule has 3 heterocycles. The molecule has 2 fully saturated rings. The van der Waals surface area contributed by atoms with Crippen molar-refractivity contribution in [2.45, 2.75) is 45.2 Å². The lowest BCUT2D eigenvalue weighted by molar-refractivity contribution is -0.124. The van der Waals surface area contributed by atoms with Gasteiger partial charge in [0.05, 0.1) is 24.1 Å². The number of nitrogens with zero attached hydrogens (tertiary/aromatic N) is 2. The quantitative estimate of drug-likeness (QED) is 0.519. The van der Waals surface area contributed by atoms with Gasteiger partial charge in [-0.05, 0) is 95.9 Å². The number of hydrogen-bond donors (Lipinski definition) is 2. The average Bonchev–Trinajstić information content (AvgIpc) is 2.88. The summed E-state index contributed by atoms with van der Waals surface area (Å²) < 4.78 is 34.5. The predicted octanol–water partition coefficient (Wildman–Crippen LogP) is 3.98. The molecule has 0 saturated carbocycles. The van der Waals surface area contributed by atoms with Crippen LogP contribution in [-0.4, -0.2) is 66.7 Å². The minimum absolute atomic E-state index is 0.174. The molecule has 0 aliphatic carbocycles. The Balaban J connectivity index is 1.28. The lowest BCUT2D eigenvalue weighted by Crippen LogP contribution is -2.41. The molecule has 2 aliphatic rings. The number of piperidine rings is 2. The highest BCUT2D eigenvalue weighted by atomic mass is 19.1. The number of likely N-dealkylation sites (tertiary alicyclic amines) is 1. The third kappa shape index (κ3) is 7.79. The number of pyridine rings is 1. The first-order valence-corrected chi connectivity index (χ1v) is 13.0. The van der Waals surface area contributed by atoms with Gasteiger partial charge in [-0.2, -0.15) is 0 Å². The van der Waals surface area contributed by atoms with Crippen LogP contribution in [0.3, 0.4) is 0 Å². The third-order valence-electron chi connectivity index (χ3n) is 6.98. The molecule has 7 nitrogen and oxygen atoms in total. The minimum Gasteiger partial charge on any atom is -0.492 e. The zero-order chi connectivity index (χ0) is 26.4. The van der Waals surface area contributed by atoms with E-state index in [1.54, 1.807) is 38.2 Å². The topological polar surface area (TPSA) is 83.6 Å². The number of benzene rings is 1. The number of hydrogen-bond acceptors (Lipinski definition) is 6. The number of ether oxygens (including phenoxy) is 1. The Morgan fingerprint density at radius 2 is 1.86 bits per heavy atom. The maximum Gasteiger partial charge on any atom is 0.260 e. The fraction of sp³-hybridized carbons (Fsp3) is 0.536. The second kappa shape index (κ2) is 12.1. The maximum atomic E-state index is 14.7. The Labute approximate surface area is 217 Å². The molecule has 0 atom stereocenters. The number of halogens is 2. The van der Waals surface area contributed by atoms with E-state index in [4.69, 9.17) is 4.74 Å². The van der Waals surface area contributed by atoms with Crippen molar-refractivity contribution in [3.8, 4) is 17.0 Å². The molecular weight excluding hydrogens is 478 g/mol. The van der Waals surface area contributed by atoms with Gasteiger partial charge < -0.3 is 15.0 Å².